The van der Waals surface area contributed by atoms with E-state index in [-0.39, 0.29) is 23.4 Å². The average molecular weight is 454 g/mol. The van der Waals surface area contributed by atoms with Crippen LogP contribution in [0.15, 0.2) is 81.8 Å². The molecule has 2 aromatic carbocycles. The van der Waals surface area contributed by atoms with E-state index >= 15 is 0 Å². The van der Waals surface area contributed by atoms with E-state index in [2.05, 4.69) is 16.4 Å². The lowest BCUT2D eigenvalue weighted by atomic mass is 9.95. The molecule has 1 amide bonds. The Balaban J connectivity index is 1.23. The molecule has 0 bridgehead atoms. The first-order valence-electron chi connectivity index (χ1n) is 11.0. The zero-order valence-corrected chi connectivity index (χ0v) is 18.3. The number of hydrogen-bond donors (Lipinski definition) is 1. The Labute approximate surface area is 196 Å². The molecule has 4 aromatic rings. The van der Waals surface area contributed by atoms with E-state index in [1.54, 1.807) is 12.1 Å². The van der Waals surface area contributed by atoms with Gasteiger partial charge in [0.15, 0.2) is 11.5 Å². The van der Waals surface area contributed by atoms with Crippen molar-refractivity contribution in [2.24, 2.45) is 5.92 Å². The molecule has 1 aliphatic rings. The van der Waals surface area contributed by atoms with Gasteiger partial charge in [0, 0.05) is 19.0 Å². The number of rotatable bonds is 6. The molecular formula is C26H22N4O4. The molecule has 8 heteroatoms. The maximum absolute atomic E-state index is 13.0. The van der Waals surface area contributed by atoms with E-state index in [1.807, 2.05) is 59.5 Å². The van der Waals surface area contributed by atoms with Gasteiger partial charge in [-0.15, -0.1) is 0 Å². The molecule has 0 spiro atoms. The highest BCUT2D eigenvalue weighted by atomic mass is 16.5. The third-order valence-corrected chi connectivity index (χ3v) is 5.72. The third-order valence-electron chi connectivity index (χ3n) is 5.72. The Hall–Kier alpha value is -4.51. The molecule has 0 radical (unpaired) electrons. The van der Waals surface area contributed by atoms with Crippen LogP contribution in [0.5, 0.6) is 11.5 Å². The number of nitriles is 1. The predicted molar refractivity (Wildman–Crippen MR) is 125 cm³/mol. The molecular weight excluding hydrogens is 432 g/mol. The number of carbonyl (C=O) groups excluding carboxylic acids is 1. The first-order chi connectivity index (χ1) is 16.7. The summed E-state index contributed by atoms with van der Waals surface area (Å²) in [5.41, 5.74) is 0.838. The lowest BCUT2D eigenvalue weighted by Crippen LogP contribution is -2.38. The summed E-state index contributed by atoms with van der Waals surface area (Å²) in [5.74, 6) is 2.21. The number of ether oxygens (including phenoxy) is 1. The maximum Gasteiger partial charge on any atom is 0.266 e. The summed E-state index contributed by atoms with van der Waals surface area (Å²) in [4.78, 5) is 19.2. The number of piperidine rings is 1. The van der Waals surface area contributed by atoms with Crippen LogP contribution in [-0.4, -0.2) is 24.0 Å². The normalized spacial score (nSPS) is 13.9. The molecule has 2 aromatic heterocycles. The second-order valence-corrected chi connectivity index (χ2v) is 7.92. The summed E-state index contributed by atoms with van der Waals surface area (Å²) in [6.45, 7) is 1.14. The minimum Gasteiger partial charge on any atom is -0.459 e. The van der Waals surface area contributed by atoms with Crippen LogP contribution in [-0.2, 0) is 4.79 Å². The van der Waals surface area contributed by atoms with Crippen molar-refractivity contribution in [1.82, 2.24) is 4.98 Å². The molecule has 34 heavy (non-hydrogen) atoms. The average Bonchev–Trinajstić information content (AvgIpc) is 3.56. The molecule has 1 N–H and O–H groups in total. The van der Waals surface area contributed by atoms with Gasteiger partial charge >= 0.3 is 0 Å². The number of furan rings is 1. The van der Waals surface area contributed by atoms with Crippen LogP contribution >= 0.6 is 0 Å². The van der Waals surface area contributed by atoms with Crippen LogP contribution in [0.25, 0.3) is 11.7 Å². The van der Waals surface area contributed by atoms with Crippen LogP contribution in [0.3, 0.4) is 0 Å². The van der Waals surface area contributed by atoms with Crippen LogP contribution in [0.1, 0.15) is 18.5 Å². The van der Waals surface area contributed by atoms with Crippen molar-refractivity contribution in [3.05, 3.63) is 78.7 Å². The van der Waals surface area contributed by atoms with Crippen LogP contribution < -0.4 is 15.0 Å². The molecule has 0 saturated carbocycles. The second kappa shape index (κ2) is 9.55. The largest absolute Gasteiger partial charge is 0.459 e. The number of carbonyl (C=O) groups is 1. The van der Waals surface area contributed by atoms with Crippen LogP contribution in [0.2, 0.25) is 0 Å². The van der Waals surface area contributed by atoms with Crippen molar-refractivity contribution in [2.75, 3.05) is 23.3 Å². The molecule has 1 fully saturated rings. The molecule has 0 unspecified atom stereocenters. The van der Waals surface area contributed by atoms with E-state index in [4.69, 9.17) is 13.6 Å². The fraction of sp³-hybridized carbons (Fsp3) is 0.192. The maximum atomic E-state index is 13.0. The number of aromatic nitrogens is 1. The van der Waals surface area contributed by atoms with Gasteiger partial charge in [0.25, 0.3) is 5.89 Å². The predicted octanol–water partition coefficient (Wildman–Crippen LogP) is 5.45. The zero-order valence-electron chi connectivity index (χ0n) is 18.3. The number of amides is 1. The Kier molecular flexibility index (Phi) is 5.99. The minimum absolute atomic E-state index is 0.0573. The van der Waals surface area contributed by atoms with Gasteiger partial charge in [-0.2, -0.15) is 10.2 Å². The van der Waals surface area contributed by atoms with Gasteiger partial charge in [0.1, 0.15) is 11.8 Å². The molecule has 5 rings (SSSR count). The van der Waals surface area contributed by atoms with Gasteiger partial charge in [0.05, 0.1) is 12.0 Å². The van der Waals surface area contributed by atoms with Gasteiger partial charge < -0.3 is 23.8 Å². The number of nitrogens with one attached hydrogen (secondary N) is 1. The number of benzene rings is 2. The topological polar surface area (TPSA) is 105 Å². The van der Waals surface area contributed by atoms with Crippen molar-refractivity contribution in [3.63, 3.8) is 0 Å². The van der Waals surface area contributed by atoms with Gasteiger partial charge in [-0.3, -0.25) is 4.79 Å². The number of anilines is 2. The summed E-state index contributed by atoms with van der Waals surface area (Å²) < 4.78 is 17.1. The van der Waals surface area contributed by atoms with Gasteiger partial charge in [-0.05, 0) is 49.2 Å². The number of oxazole rings is 1. The summed E-state index contributed by atoms with van der Waals surface area (Å²) in [5, 5.41) is 12.5. The highest BCUT2D eigenvalue weighted by Crippen LogP contribution is 2.33. The second-order valence-electron chi connectivity index (χ2n) is 7.92. The lowest BCUT2D eigenvalue weighted by molar-refractivity contribution is -0.120. The van der Waals surface area contributed by atoms with E-state index in [0.717, 1.165) is 0 Å². The van der Waals surface area contributed by atoms with Gasteiger partial charge in [-0.25, -0.2) is 0 Å². The molecule has 170 valence electrons. The van der Waals surface area contributed by atoms with E-state index in [9.17, 15) is 10.1 Å². The minimum atomic E-state index is -0.168. The standard InChI is InChI=1S/C26H22N4O4/c27-17-21-26(34-25(29-21)23-11-6-16-32-23)30-14-12-18(13-15-30)24(31)28-20-9-4-5-10-22(20)33-19-7-2-1-3-8-19/h1-11,16,18H,12-15H2,(H,28,31). The van der Waals surface area contributed by atoms with Crippen molar-refractivity contribution in [1.29, 1.82) is 5.26 Å². The molecule has 8 nitrogen and oxygen atoms in total. The lowest BCUT2D eigenvalue weighted by Gasteiger charge is -2.31. The van der Waals surface area contributed by atoms with Crippen molar-refractivity contribution in [2.45, 2.75) is 12.8 Å². The zero-order chi connectivity index (χ0) is 23.3. The van der Waals surface area contributed by atoms with Crippen molar-refractivity contribution >= 4 is 17.5 Å². The molecule has 1 aliphatic heterocycles. The summed E-state index contributed by atoms with van der Waals surface area (Å²) in [7, 11) is 0. The van der Waals surface area contributed by atoms with Crippen molar-refractivity contribution < 1.29 is 18.4 Å². The van der Waals surface area contributed by atoms with E-state index < -0.39 is 0 Å². The monoisotopic (exact) mass is 454 g/mol. The van der Waals surface area contributed by atoms with Crippen LogP contribution in [0, 0.1) is 17.2 Å². The Bertz CT molecular complexity index is 1300. The molecule has 0 atom stereocenters. The van der Waals surface area contributed by atoms with E-state index in [0.29, 0.717) is 54.8 Å². The number of nitrogens with zero attached hydrogens (tertiary/aromatic N) is 3. The third kappa shape index (κ3) is 4.50. The Morgan fingerprint density at radius 1 is 1.06 bits per heavy atom. The Morgan fingerprint density at radius 2 is 1.82 bits per heavy atom. The first kappa shape index (κ1) is 21.3. The van der Waals surface area contributed by atoms with Gasteiger partial charge in [-0.1, -0.05) is 30.3 Å². The fourth-order valence-corrected chi connectivity index (χ4v) is 3.96. The quantitative estimate of drug-likeness (QED) is 0.413. The molecule has 0 aliphatic carbocycles. The van der Waals surface area contributed by atoms with Crippen molar-refractivity contribution in [3.8, 4) is 29.2 Å². The Morgan fingerprint density at radius 3 is 2.56 bits per heavy atom. The molecule has 3 heterocycles. The summed E-state index contributed by atoms with van der Waals surface area (Å²) in [6, 6.07) is 22.4. The van der Waals surface area contributed by atoms with Gasteiger partial charge in [0.2, 0.25) is 17.5 Å². The summed E-state index contributed by atoms with van der Waals surface area (Å²) in [6.07, 6.45) is 2.77. The summed E-state index contributed by atoms with van der Waals surface area (Å²) >= 11 is 0. The highest BCUT2D eigenvalue weighted by molar-refractivity contribution is 5.94. The highest BCUT2D eigenvalue weighted by Gasteiger charge is 2.29. The SMILES string of the molecule is N#Cc1nc(-c2ccco2)oc1N1CCC(C(=O)Nc2ccccc2Oc2ccccc2)CC1. The number of hydrogen-bond acceptors (Lipinski definition) is 7. The molecule has 1 saturated heterocycles. The first-order valence-corrected chi connectivity index (χ1v) is 11.0. The fourth-order valence-electron chi connectivity index (χ4n) is 3.96. The van der Waals surface area contributed by atoms with E-state index in [1.165, 1.54) is 6.26 Å². The van der Waals surface area contributed by atoms with Crippen LogP contribution in [0.4, 0.5) is 11.6 Å². The smallest absolute Gasteiger partial charge is 0.266 e. The number of para-hydroxylation sites is 3.